The molecule has 1 aliphatic carbocycles. The molecule has 1 saturated heterocycles. The number of amides is 2. The molecule has 228 valence electrons. The third-order valence-electron chi connectivity index (χ3n) is 7.71. The van der Waals surface area contributed by atoms with Crippen molar-refractivity contribution >= 4 is 34.9 Å². The molecule has 2 heterocycles. The first-order chi connectivity index (χ1) is 19.9. The van der Waals surface area contributed by atoms with Gasteiger partial charge in [0.2, 0.25) is 11.8 Å². The Morgan fingerprint density at radius 3 is 2.40 bits per heavy atom. The fourth-order valence-electron chi connectivity index (χ4n) is 5.76. The van der Waals surface area contributed by atoms with Crippen LogP contribution < -0.4 is 19.5 Å². The monoisotopic (exact) mass is 583 g/mol. The molecule has 4 rings (SSSR count). The van der Waals surface area contributed by atoms with Crippen LogP contribution in [0, 0.1) is 5.92 Å². The highest BCUT2D eigenvalue weighted by Crippen LogP contribution is 2.36. The summed E-state index contributed by atoms with van der Waals surface area (Å²) in [6.45, 7) is 9.13. The maximum Gasteiger partial charge on any atom is 0.408 e. The van der Waals surface area contributed by atoms with Crippen LogP contribution >= 0.6 is 0 Å². The fraction of sp³-hybridized carbons (Fsp3) is 0.548. The molecule has 1 aromatic carbocycles. The van der Waals surface area contributed by atoms with E-state index in [2.05, 4.69) is 16.9 Å². The lowest BCUT2D eigenvalue weighted by atomic mass is 9.83. The van der Waals surface area contributed by atoms with Gasteiger partial charge in [-0.2, -0.15) is 0 Å². The van der Waals surface area contributed by atoms with Crippen molar-refractivity contribution in [2.75, 3.05) is 20.8 Å². The Labute approximate surface area is 246 Å². The number of ether oxygens (including phenoxy) is 4. The molecule has 1 saturated carbocycles. The van der Waals surface area contributed by atoms with Gasteiger partial charge < -0.3 is 34.3 Å². The summed E-state index contributed by atoms with van der Waals surface area (Å²) in [5.74, 6) is -0.368. The number of aromatic nitrogens is 1. The molecule has 42 heavy (non-hydrogen) atoms. The van der Waals surface area contributed by atoms with Crippen molar-refractivity contribution in [1.82, 2.24) is 15.2 Å². The average molecular weight is 584 g/mol. The smallest absolute Gasteiger partial charge is 0.408 e. The van der Waals surface area contributed by atoms with E-state index in [0.717, 1.165) is 37.7 Å². The summed E-state index contributed by atoms with van der Waals surface area (Å²) in [5, 5.41) is 13.5. The van der Waals surface area contributed by atoms with E-state index in [9.17, 15) is 19.5 Å². The molecule has 2 fully saturated rings. The number of rotatable bonds is 9. The summed E-state index contributed by atoms with van der Waals surface area (Å²) < 4.78 is 22.7. The number of fused-ring (bicyclic) bond motifs is 1. The Kier molecular flexibility index (Phi) is 9.48. The Morgan fingerprint density at radius 2 is 1.81 bits per heavy atom. The van der Waals surface area contributed by atoms with Gasteiger partial charge in [-0.15, -0.1) is 0 Å². The van der Waals surface area contributed by atoms with Gasteiger partial charge in [0.05, 0.1) is 26.3 Å². The van der Waals surface area contributed by atoms with E-state index >= 15 is 0 Å². The molecular weight excluding hydrogens is 542 g/mol. The quantitative estimate of drug-likeness (QED) is 0.426. The third kappa shape index (κ3) is 7.06. The summed E-state index contributed by atoms with van der Waals surface area (Å²) in [4.78, 5) is 45.0. The second-order valence-electron chi connectivity index (χ2n) is 11.8. The number of methoxy groups -OCH3 is 2. The number of benzene rings is 1. The molecule has 1 aliphatic heterocycles. The molecule has 3 atom stereocenters. The summed E-state index contributed by atoms with van der Waals surface area (Å²) in [6, 6.07) is 3.21. The predicted molar refractivity (Wildman–Crippen MR) is 157 cm³/mol. The first-order valence-electron chi connectivity index (χ1n) is 14.3. The number of carboxylic acid groups (broad SMARTS) is 1. The zero-order valence-corrected chi connectivity index (χ0v) is 25.0. The van der Waals surface area contributed by atoms with Gasteiger partial charge in [0.1, 0.15) is 35.3 Å². The maximum absolute atomic E-state index is 14.0. The SMILES string of the molecule is C=Cc1cc2c(O[C@@H]3C[C@@H](C(=O)O)N(C(=O)[C@@H](NC(=O)OC(C)(C)C)C4CCCCC4)C3)cc(OC)nc2cc1OC. The highest BCUT2D eigenvalue weighted by molar-refractivity contribution is 5.91. The van der Waals surface area contributed by atoms with E-state index < -0.39 is 41.8 Å². The van der Waals surface area contributed by atoms with Gasteiger partial charge >= 0.3 is 12.1 Å². The zero-order valence-electron chi connectivity index (χ0n) is 25.0. The Morgan fingerprint density at radius 1 is 1.10 bits per heavy atom. The summed E-state index contributed by atoms with van der Waals surface area (Å²) in [5.41, 5.74) is 0.549. The van der Waals surface area contributed by atoms with Crippen LogP contribution in [0.4, 0.5) is 4.79 Å². The molecule has 0 unspecified atom stereocenters. The van der Waals surface area contributed by atoms with Crippen LogP contribution in [-0.2, 0) is 14.3 Å². The van der Waals surface area contributed by atoms with Crippen molar-refractivity contribution in [3.63, 3.8) is 0 Å². The molecule has 2 amide bonds. The molecule has 1 aromatic heterocycles. The number of nitrogens with one attached hydrogen (secondary N) is 1. The molecule has 2 N–H and O–H groups in total. The van der Waals surface area contributed by atoms with Crippen molar-refractivity contribution in [2.45, 2.75) is 83.1 Å². The number of likely N-dealkylation sites (tertiary alicyclic amines) is 1. The predicted octanol–water partition coefficient (Wildman–Crippen LogP) is 4.80. The highest BCUT2D eigenvalue weighted by Gasteiger charge is 2.45. The molecule has 11 heteroatoms. The highest BCUT2D eigenvalue weighted by atomic mass is 16.6. The number of hydrogen-bond acceptors (Lipinski definition) is 8. The van der Waals surface area contributed by atoms with Crippen LogP contribution in [0.2, 0.25) is 0 Å². The first-order valence-corrected chi connectivity index (χ1v) is 14.3. The minimum atomic E-state index is -1.13. The molecule has 2 aliphatic rings. The van der Waals surface area contributed by atoms with E-state index in [1.165, 1.54) is 12.0 Å². The second-order valence-corrected chi connectivity index (χ2v) is 11.8. The maximum atomic E-state index is 14.0. The van der Waals surface area contributed by atoms with Crippen LogP contribution in [0.1, 0.15) is 64.9 Å². The van der Waals surface area contributed by atoms with Crippen molar-refractivity contribution < 1.29 is 38.4 Å². The molecule has 2 aromatic rings. The normalized spacial score (nSPS) is 20.1. The first kappa shape index (κ1) is 30.9. The number of alkyl carbamates (subject to hydrolysis) is 1. The Balaban J connectivity index is 1.62. The number of nitrogens with zero attached hydrogens (tertiary/aromatic N) is 2. The van der Waals surface area contributed by atoms with E-state index in [1.54, 1.807) is 46.1 Å². The number of carbonyl (C=O) groups excluding carboxylic acids is 2. The zero-order chi connectivity index (χ0) is 30.6. The lowest BCUT2D eigenvalue weighted by Gasteiger charge is -2.34. The van der Waals surface area contributed by atoms with Crippen LogP contribution in [-0.4, -0.2) is 77.5 Å². The van der Waals surface area contributed by atoms with Gasteiger partial charge in [0, 0.05) is 29.5 Å². The second kappa shape index (κ2) is 12.9. The van der Waals surface area contributed by atoms with Gasteiger partial charge in [-0.05, 0) is 45.6 Å². The Bertz CT molecular complexity index is 1330. The molecule has 11 nitrogen and oxygen atoms in total. The van der Waals surface area contributed by atoms with Gasteiger partial charge in [-0.3, -0.25) is 4.79 Å². The van der Waals surface area contributed by atoms with Crippen molar-refractivity contribution in [3.8, 4) is 17.4 Å². The van der Waals surface area contributed by atoms with Gasteiger partial charge in [-0.25, -0.2) is 14.6 Å². The topological polar surface area (TPSA) is 137 Å². The van der Waals surface area contributed by atoms with Gasteiger partial charge in [-0.1, -0.05) is 31.9 Å². The molecular formula is C31H41N3O8. The number of hydrogen-bond donors (Lipinski definition) is 2. The lowest BCUT2D eigenvalue weighted by Crippen LogP contribution is -2.55. The largest absolute Gasteiger partial charge is 0.496 e. The van der Waals surface area contributed by atoms with Crippen LogP contribution in [0.25, 0.3) is 17.0 Å². The number of carbonyl (C=O) groups is 3. The summed E-state index contributed by atoms with van der Waals surface area (Å²) >= 11 is 0. The van der Waals surface area contributed by atoms with Crippen LogP contribution in [0.5, 0.6) is 17.4 Å². The van der Waals surface area contributed by atoms with E-state index in [1.807, 2.05) is 6.07 Å². The van der Waals surface area contributed by atoms with E-state index in [4.69, 9.17) is 18.9 Å². The van der Waals surface area contributed by atoms with Gasteiger partial charge in [0.25, 0.3) is 0 Å². The minimum absolute atomic E-state index is 0.0334. The lowest BCUT2D eigenvalue weighted by molar-refractivity contribution is -0.149. The van der Waals surface area contributed by atoms with Crippen molar-refractivity contribution in [2.24, 2.45) is 5.92 Å². The van der Waals surface area contributed by atoms with E-state index in [-0.39, 0.29) is 18.9 Å². The van der Waals surface area contributed by atoms with Crippen molar-refractivity contribution in [3.05, 3.63) is 30.3 Å². The number of carboxylic acids is 1. The van der Waals surface area contributed by atoms with Crippen LogP contribution in [0.3, 0.4) is 0 Å². The molecule has 0 spiro atoms. The van der Waals surface area contributed by atoms with Crippen molar-refractivity contribution in [1.29, 1.82) is 0 Å². The number of aliphatic carboxylic acids is 1. The summed E-state index contributed by atoms with van der Waals surface area (Å²) in [6.07, 6.45) is 4.85. The average Bonchev–Trinajstić information content (AvgIpc) is 3.38. The minimum Gasteiger partial charge on any atom is -0.496 e. The summed E-state index contributed by atoms with van der Waals surface area (Å²) in [7, 11) is 3.05. The van der Waals surface area contributed by atoms with Gasteiger partial charge in [0.15, 0.2) is 0 Å². The molecule has 0 bridgehead atoms. The fourth-order valence-corrected chi connectivity index (χ4v) is 5.76. The molecule has 0 radical (unpaired) electrons. The Hall–Kier alpha value is -4.02. The standard InChI is InChI=1S/C31H41N3O8/c1-7-18-13-21-22(15-24(18)39-5)32-26(40-6)16-25(21)41-20-14-23(29(36)37)34(17-20)28(35)27(19-11-9-8-10-12-19)33-30(38)42-31(2,3)4/h7,13,15-16,19-20,23,27H,1,8-12,14,17H2,2-6H3,(H,33,38)(H,36,37)/t20-,23+,27+/m1/s1. The van der Waals surface area contributed by atoms with E-state index in [0.29, 0.717) is 28.3 Å². The third-order valence-corrected chi connectivity index (χ3v) is 7.71. The van der Waals surface area contributed by atoms with Crippen LogP contribution in [0.15, 0.2) is 24.8 Å². The number of pyridine rings is 1.